The van der Waals surface area contributed by atoms with Gasteiger partial charge in [0.15, 0.2) is 0 Å². The number of thioether (sulfide) groups is 1. The number of terminal acetylenes is 1. The first-order valence-corrected chi connectivity index (χ1v) is 8.33. The Labute approximate surface area is 145 Å². The number of benzene rings is 2. The van der Waals surface area contributed by atoms with Gasteiger partial charge >= 0.3 is 6.09 Å². The second-order valence-electron chi connectivity index (χ2n) is 4.89. The van der Waals surface area contributed by atoms with E-state index in [4.69, 9.17) is 11.2 Å². The van der Waals surface area contributed by atoms with Crippen LogP contribution in [0.1, 0.15) is 15.9 Å². The first-order valence-electron chi connectivity index (χ1n) is 7.34. The van der Waals surface area contributed by atoms with E-state index in [0.29, 0.717) is 5.56 Å². The average Bonchev–Trinajstić information content (AvgIpc) is 2.64. The highest BCUT2D eigenvalue weighted by atomic mass is 32.2. The van der Waals surface area contributed by atoms with Crippen molar-refractivity contribution in [3.8, 4) is 12.3 Å². The van der Waals surface area contributed by atoms with Crippen molar-refractivity contribution in [3.05, 3.63) is 71.8 Å². The highest BCUT2D eigenvalue weighted by Gasteiger charge is 2.14. The van der Waals surface area contributed by atoms with Crippen LogP contribution in [-0.2, 0) is 11.3 Å². The van der Waals surface area contributed by atoms with Crippen LogP contribution in [0, 0.1) is 12.3 Å². The van der Waals surface area contributed by atoms with Crippen LogP contribution in [0.15, 0.2) is 60.7 Å². The second kappa shape index (κ2) is 9.43. The Bertz CT molecular complexity index is 710. The molecule has 2 rings (SSSR count). The molecule has 122 valence electrons. The first-order chi connectivity index (χ1) is 11.7. The van der Waals surface area contributed by atoms with E-state index in [1.54, 1.807) is 24.3 Å². The molecule has 0 bridgehead atoms. The third-order valence-electron chi connectivity index (χ3n) is 3.10. The van der Waals surface area contributed by atoms with Crippen LogP contribution < -0.4 is 5.32 Å². The normalized spacial score (nSPS) is 11.1. The lowest BCUT2D eigenvalue weighted by atomic mass is 10.2. The molecule has 1 atom stereocenters. The molecule has 0 heterocycles. The summed E-state index contributed by atoms with van der Waals surface area (Å²) in [6, 6.07) is 17.7. The molecule has 0 saturated carbocycles. The zero-order valence-electron chi connectivity index (χ0n) is 13.0. The van der Waals surface area contributed by atoms with Gasteiger partial charge in [0, 0.05) is 11.3 Å². The van der Waals surface area contributed by atoms with E-state index in [2.05, 4.69) is 11.2 Å². The van der Waals surface area contributed by atoms with E-state index in [9.17, 15) is 9.59 Å². The van der Waals surface area contributed by atoms with Crippen molar-refractivity contribution in [1.29, 1.82) is 0 Å². The first kappa shape index (κ1) is 17.6. The molecule has 1 N–H and O–H groups in total. The smallest absolute Gasteiger partial charge is 0.408 e. The molecule has 0 radical (unpaired) electrons. The van der Waals surface area contributed by atoms with Crippen LogP contribution in [0.4, 0.5) is 4.79 Å². The maximum atomic E-state index is 12.0. The van der Waals surface area contributed by atoms with E-state index in [0.717, 1.165) is 17.3 Å². The lowest BCUT2D eigenvalue weighted by Crippen LogP contribution is -2.36. The number of hydrogen-bond donors (Lipinski definition) is 1. The predicted molar refractivity (Wildman–Crippen MR) is 95.6 cm³/mol. The van der Waals surface area contributed by atoms with Crippen LogP contribution in [-0.4, -0.2) is 23.0 Å². The van der Waals surface area contributed by atoms with Crippen molar-refractivity contribution in [3.63, 3.8) is 0 Å². The number of ether oxygens (including phenoxy) is 1. The fourth-order valence-corrected chi connectivity index (χ4v) is 2.66. The molecule has 2 aromatic rings. The summed E-state index contributed by atoms with van der Waals surface area (Å²) < 4.78 is 5.11. The number of carbonyl (C=O) groups excluding carboxylic acids is 2. The van der Waals surface area contributed by atoms with Crippen molar-refractivity contribution in [2.75, 3.05) is 5.75 Å². The predicted octanol–water partition coefficient (Wildman–Crippen LogP) is 3.49. The fourth-order valence-electron chi connectivity index (χ4n) is 1.86. The lowest BCUT2D eigenvalue weighted by molar-refractivity contribution is 0.108. The van der Waals surface area contributed by atoms with Gasteiger partial charge in [-0.2, -0.15) is 0 Å². The van der Waals surface area contributed by atoms with Gasteiger partial charge < -0.3 is 10.1 Å². The van der Waals surface area contributed by atoms with Gasteiger partial charge in [0.2, 0.25) is 5.12 Å². The highest BCUT2D eigenvalue weighted by Crippen LogP contribution is 2.13. The Kier molecular flexibility index (Phi) is 6.93. The van der Waals surface area contributed by atoms with Gasteiger partial charge in [-0.3, -0.25) is 4.79 Å². The Morgan fingerprint density at radius 2 is 1.71 bits per heavy atom. The van der Waals surface area contributed by atoms with Crippen LogP contribution in [0.2, 0.25) is 0 Å². The Morgan fingerprint density at radius 1 is 1.08 bits per heavy atom. The van der Waals surface area contributed by atoms with Crippen LogP contribution in [0.5, 0.6) is 0 Å². The summed E-state index contributed by atoms with van der Waals surface area (Å²) in [5.41, 5.74) is 1.49. The highest BCUT2D eigenvalue weighted by molar-refractivity contribution is 8.14. The SMILES string of the molecule is C#CC(CSC(=O)c1ccccc1)NC(=O)OCc1ccccc1. The van der Waals surface area contributed by atoms with Gasteiger partial charge in [-0.1, -0.05) is 78.3 Å². The summed E-state index contributed by atoms with van der Waals surface area (Å²) in [7, 11) is 0. The van der Waals surface area contributed by atoms with Crippen molar-refractivity contribution in [2.24, 2.45) is 0 Å². The molecule has 0 saturated heterocycles. The number of hydrogen-bond acceptors (Lipinski definition) is 4. The Morgan fingerprint density at radius 3 is 2.33 bits per heavy atom. The summed E-state index contributed by atoms with van der Waals surface area (Å²) >= 11 is 1.07. The third-order valence-corrected chi connectivity index (χ3v) is 4.09. The number of nitrogens with one attached hydrogen (secondary N) is 1. The lowest BCUT2D eigenvalue weighted by Gasteiger charge is -2.12. The molecule has 0 fully saturated rings. The molecule has 0 aromatic heterocycles. The molecule has 4 nitrogen and oxygen atoms in total. The molecule has 1 amide bonds. The minimum Gasteiger partial charge on any atom is -0.445 e. The maximum absolute atomic E-state index is 12.0. The van der Waals surface area contributed by atoms with Gasteiger partial charge in [0.25, 0.3) is 0 Å². The van der Waals surface area contributed by atoms with E-state index >= 15 is 0 Å². The molecular weight excluding hydrogens is 322 g/mol. The average molecular weight is 339 g/mol. The second-order valence-corrected chi connectivity index (χ2v) is 5.88. The van der Waals surface area contributed by atoms with Gasteiger partial charge in [-0.05, 0) is 5.56 Å². The van der Waals surface area contributed by atoms with Crippen LogP contribution in [0.3, 0.4) is 0 Å². The number of carbonyl (C=O) groups is 2. The van der Waals surface area contributed by atoms with Gasteiger partial charge in [0.05, 0.1) is 0 Å². The number of rotatable bonds is 6. The largest absolute Gasteiger partial charge is 0.445 e. The minimum absolute atomic E-state index is 0.0877. The fraction of sp³-hybridized carbons (Fsp3) is 0.158. The molecule has 0 spiro atoms. The Balaban J connectivity index is 1.76. The minimum atomic E-state index is -0.602. The number of amides is 1. The van der Waals surface area contributed by atoms with Gasteiger partial charge in [0.1, 0.15) is 12.6 Å². The molecule has 24 heavy (non-hydrogen) atoms. The molecule has 0 aliphatic heterocycles. The summed E-state index contributed by atoms with van der Waals surface area (Å²) in [6.45, 7) is 0.167. The molecule has 2 aromatic carbocycles. The third kappa shape index (κ3) is 5.82. The van der Waals surface area contributed by atoms with E-state index < -0.39 is 12.1 Å². The summed E-state index contributed by atoms with van der Waals surface area (Å²) in [6.07, 6.45) is 4.81. The summed E-state index contributed by atoms with van der Waals surface area (Å²) in [5, 5.41) is 2.49. The summed E-state index contributed by atoms with van der Waals surface area (Å²) in [5.74, 6) is 2.74. The molecule has 0 aliphatic rings. The van der Waals surface area contributed by atoms with Crippen molar-refractivity contribution in [2.45, 2.75) is 12.6 Å². The zero-order valence-corrected chi connectivity index (χ0v) is 13.8. The standard InChI is InChI=1S/C19H17NO3S/c1-2-17(14-24-18(21)16-11-7-4-8-12-16)20-19(22)23-13-15-9-5-3-6-10-15/h1,3-12,17H,13-14H2,(H,20,22). The van der Waals surface area contributed by atoms with E-state index in [1.807, 2.05) is 36.4 Å². The molecule has 1 unspecified atom stereocenters. The van der Waals surface area contributed by atoms with Crippen LogP contribution in [0.25, 0.3) is 0 Å². The molecule has 0 aliphatic carbocycles. The van der Waals surface area contributed by atoms with Gasteiger partial charge in [-0.25, -0.2) is 4.79 Å². The van der Waals surface area contributed by atoms with Gasteiger partial charge in [-0.15, -0.1) is 6.42 Å². The van der Waals surface area contributed by atoms with E-state index in [-0.39, 0.29) is 17.5 Å². The van der Waals surface area contributed by atoms with Crippen molar-refractivity contribution < 1.29 is 14.3 Å². The monoisotopic (exact) mass is 339 g/mol. The molecular formula is C19H17NO3S. The maximum Gasteiger partial charge on any atom is 0.408 e. The quantitative estimate of drug-likeness (QED) is 0.819. The number of alkyl carbamates (subject to hydrolysis) is 1. The Hall–Kier alpha value is -2.71. The van der Waals surface area contributed by atoms with Crippen molar-refractivity contribution >= 4 is 23.0 Å². The van der Waals surface area contributed by atoms with Crippen LogP contribution >= 0.6 is 11.8 Å². The topological polar surface area (TPSA) is 55.4 Å². The van der Waals surface area contributed by atoms with E-state index in [1.165, 1.54) is 0 Å². The summed E-state index contributed by atoms with van der Waals surface area (Å²) in [4.78, 5) is 23.8. The zero-order chi connectivity index (χ0) is 17.2. The molecule has 5 heteroatoms. The van der Waals surface area contributed by atoms with Crippen molar-refractivity contribution in [1.82, 2.24) is 5.32 Å².